The van der Waals surface area contributed by atoms with E-state index in [2.05, 4.69) is 5.32 Å². The average Bonchev–Trinajstić information content (AvgIpc) is 3.08. The highest BCUT2D eigenvalue weighted by Gasteiger charge is 2.16. The molecule has 2 aromatic heterocycles. The van der Waals surface area contributed by atoms with Crippen LogP contribution in [0.2, 0.25) is 0 Å². The van der Waals surface area contributed by atoms with Crippen LogP contribution in [0.4, 0.5) is 4.79 Å². The normalized spacial score (nSPS) is 10.4. The largest absolute Gasteiger partial charge is 0.467 e. The summed E-state index contributed by atoms with van der Waals surface area (Å²) < 4.78 is 10.6. The Kier molecular flexibility index (Phi) is 4.66. The van der Waals surface area contributed by atoms with Crippen LogP contribution in [-0.2, 0) is 13.1 Å². The molecule has 5 nitrogen and oxygen atoms in total. The van der Waals surface area contributed by atoms with Crippen LogP contribution in [-0.4, -0.2) is 17.5 Å². The summed E-state index contributed by atoms with van der Waals surface area (Å²) in [6.45, 7) is 3.52. The van der Waals surface area contributed by atoms with Gasteiger partial charge in [-0.05, 0) is 30.7 Å². The van der Waals surface area contributed by atoms with Gasteiger partial charge in [0.2, 0.25) is 0 Å². The number of carbonyl (C=O) groups excluding carboxylic acids is 1. The zero-order valence-corrected chi connectivity index (χ0v) is 11.0. The third-order valence-electron chi connectivity index (χ3n) is 2.67. The van der Waals surface area contributed by atoms with Crippen molar-refractivity contribution in [1.29, 1.82) is 0 Å². The van der Waals surface area contributed by atoms with Gasteiger partial charge in [-0.2, -0.15) is 0 Å². The molecule has 0 unspecified atom stereocenters. The number of hydrogen-bond donors (Lipinski definition) is 1. The van der Waals surface area contributed by atoms with Gasteiger partial charge in [0.15, 0.2) is 0 Å². The number of nitrogens with one attached hydrogen (secondary N) is 1. The molecule has 0 saturated carbocycles. The Morgan fingerprint density at radius 2 is 1.74 bits per heavy atom. The molecule has 2 heterocycles. The van der Waals surface area contributed by atoms with Gasteiger partial charge in [0.05, 0.1) is 25.6 Å². The fourth-order valence-corrected chi connectivity index (χ4v) is 1.72. The summed E-state index contributed by atoms with van der Waals surface area (Å²) in [5, 5.41) is 2.86. The maximum Gasteiger partial charge on any atom is 0.318 e. The first-order valence-electron chi connectivity index (χ1n) is 6.37. The molecule has 19 heavy (non-hydrogen) atoms. The van der Waals surface area contributed by atoms with Gasteiger partial charge in [-0.3, -0.25) is 0 Å². The summed E-state index contributed by atoms with van der Waals surface area (Å²) >= 11 is 0. The molecule has 0 fully saturated rings. The summed E-state index contributed by atoms with van der Waals surface area (Å²) in [4.78, 5) is 13.7. The van der Waals surface area contributed by atoms with E-state index in [1.54, 1.807) is 17.4 Å². The molecule has 0 bridgehead atoms. The number of hydrogen-bond acceptors (Lipinski definition) is 3. The minimum atomic E-state index is -0.116. The van der Waals surface area contributed by atoms with Crippen molar-refractivity contribution >= 4 is 6.03 Å². The number of furan rings is 2. The summed E-state index contributed by atoms with van der Waals surface area (Å²) in [5.41, 5.74) is 0. The molecule has 0 aromatic carbocycles. The summed E-state index contributed by atoms with van der Waals surface area (Å²) in [7, 11) is 0. The molecule has 0 aliphatic carbocycles. The van der Waals surface area contributed by atoms with Crippen molar-refractivity contribution in [1.82, 2.24) is 10.2 Å². The highest BCUT2D eigenvalue weighted by atomic mass is 16.3. The van der Waals surface area contributed by atoms with E-state index in [4.69, 9.17) is 8.83 Å². The van der Waals surface area contributed by atoms with Gasteiger partial charge in [-0.15, -0.1) is 0 Å². The van der Waals surface area contributed by atoms with E-state index >= 15 is 0 Å². The lowest BCUT2D eigenvalue weighted by atomic mass is 10.3. The average molecular weight is 262 g/mol. The van der Waals surface area contributed by atoms with Crippen LogP contribution in [0.5, 0.6) is 0 Å². The van der Waals surface area contributed by atoms with E-state index in [1.165, 1.54) is 0 Å². The van der Waals surface area contributed by atoms with E-state index in [9.17, 15) is 4.79 Å². The topological polar surface area (TPSA) is 58.6 Å². The molecule has 0 spiro atoms. The van der Waals surface area contributed by atoms with E-state index in [0.717, 1.165) is 17.9 Å². The van der Waals surface area contributed by atoms with Gasteiger partial charge in [0, 0.05) is 6.54 Å². The van der Waals surface area contributed by atoms with Crippen LogP contribution in [0.1, 0.15) is 24.9 Å². The molecule has 2 amide bonds. The number of carbonyl (C=O) groups is 1. The standard InChI is InChI=1S/C14H18N2O3/c1-2-7-15-14(17)16(10-12-5-3-8-18-12)11-13-6-4-9-19-13/h3-6,8-9H,2,7,10-11H2,1H3,(H,15,17). The van der Waals surface area contributed by atoms with Gasteiger partial charge < -0.3 is 19.1 Å². The first kappa shape index (κ1) is 13.3. The number of nitrogens with zero attached hydrogens (tertiary/aromatic N) is 1. The van der Waals surface area contributed by atoms with Crippen molar-refractivity contribution in [2.45, 2.75) is 26.4 Å². The molecule has 0 aliphatic heterocycles. The van der Waals surface area contributed by atoms with Crippen molar-refractivity contribution in [3.63, 3.8) is 0 Å². The Balaban J connectivity index is 2.01. The first-order chi connectivity index (χ1) is 9.29. The fraction of sp³-hybridized carbons (Fsp3) is 0.357. The highest BCUT2D eigenvalue weighted by Crippen LogP contribution is 2.11. The maximum atomic E-state index is 12.1. The zero-order valence-electron chi connectivity index (χ0n) is 11.0. The second-order valence-corrected chi connectivity index (χ2v) is 4.25. The van der Waals surface area contributed by atoms with E-state index in [1.807, 2.05) is 31.2 Å². The van der Waals surface area contributed by atoms with Crippen LogP contribution < -0.4 is 5.32 Å². The molecule has 2 aromatic rings. The molecular weight excluding hydrogens is 244 g/mol. The molecule has 0 saturated heterocycles. The van der Waals surface area contributed by atoms with Gasteiger partial charge in [0.1, 0.15) is 11.5 Å². The third kappa shape index (κ3) is 3.91. The molecule has 5 heteroatoms. The molecule has 2 rings (SSSR count). The fourth-order valence-electron chi connectivity index (χ4n) is 1.72. The Labute approximate surface area is 112 Å². The van der Waals surface area contributed by atoms with E-state index in [-0.39, 0.29) is 6.03 Å². The lowest BCUT2D eigenvalue weighted by Gasteiger charge is -2.21. The third-order valence-corrected chi connectivity index (χ3v) is 2.67. The van der Waals surface area contributed by atoms with E-state index in [0.29, 0.717) is 19.6 Å². The van der Waals surface area contributed by atoms with Gasteiger partial charge in [0.25, 0.3) is 0 Å². The molecule has 0 atom stereocenters. The Morgan fingerprint density at radius 1 is 1.16 bits per heavy atom. The van der Waals surface area contributed by atoms with Crippen LogP contribution in [0, 0.1) is 0 Å². The Hall–Kier alpha value is -2.17. The molecule has 1 N–H and O–H groups in total. The predicted molar refractivity (Wildman–Crippen MR) is 70.4 cm³/mol. The smallest absolute Gasteiger partial charge is 0.318 e. The lowest BCUT2D eigenvalue weighted by Crippen LogP contribution is -2.39. The molecule has 102 valence electrons. The quantitative estimate of drug-likeness (QED) is 0.870. The number of rotatable bonds is 6. The molecule has 0 radical (unpaired) electrons. The van der Waals surface area contributed by atoms with E-state index < -0.39 is 0 Å². The highest BCUT2D eigenvalue weighted by molar-refractivity contribution is 5.74. The van der Waals surface area contributed by atoms with Gasteiger partial charge >= 0.3 is 6.03 Å². The van der Waals surface area contributed by atoms with Gasteiger partial charge in [-0.25, -0.2) is 4.79 Å². The van der Waals surface area contributed by atoms with Crippen LogP contribution in [0.25, 0.3) is 0 Å². The van der Waals surface area contributed by atoms with Gasteiger partial charge in [-0.1, -0.05) is 6.92 Å². The van der Waals surface area contributed by atoms with Crippen molar-refractivity contribution in [3.8, 4) is 0 Å². The monoisotopic (exact) mass is 262 g/mol. The van der Waals surface area contributed by atoms with Crippen LogP contribution in [0.15, 0.2) is 45.6 Å². The zero-order chi connectivity index (χ0) is 13.5. The second kappa shape index (κ2) is 6.68. The van der Waals surface area contributed by atoms with Crippen LogP contribution in [0.3, 0.4) is 0 Å². The minimum absolute atomic E-state index is 0.116. The Bertz CT molecular complexity index is 441. The van der Waals surface area contributed by atoms with Crippen molar-refractivity contribution in [3.05, 3.63) is 48.3 Å². The van der Waals surface area contributed by atoms with Crippen LogP contribution >= 0.6 is 0 Å². The molecule has 0 aliphatic rings. The maximum absolute atomic E-state index is 12.1. The lowest BCUT2D eigenvalue weighted by molar-refractivity contribution is 0.182. The predicted octanol–water partition coefficient (Wildman–Crippen LogP) is 2.99. The Morgan fingerprint density at radius 3 is 2.16 bits per heavy atom. The SMILES string of the molecule is CCCNC(=O)N(Cc1ccco1)Cc1ccco1. The summed E-state index contributed by atoms with van der Waals surface area (Å²) in [5.74, 6) is 1.50. The van der Waals surface area contributed by atoms with Crippen molar-refractivity contribution in [2.24, 2.45) is 0 Å². The summed E-state index contributed by atoms with van der Waals surface area (Å²) in [6, 6.07) is 7.20. The molecular formula is C14H18N2O3. The second-order valence-electron chi connectivity index (χ2n) is 4.25. The van der Waals surface area contributed by atoms with Crippen molar-refractivity contribution in [2.75, 3.05) is 6.54 Å². The minimum Gasteiger partial charge on any atom is -0.467 e. The number of urea groups is 1. The summed E-state index contributed by atoms with van der Waals surface area (Å²) in [6.07, 6.45) is 4.11. The van der Waals surface area contributed by atoms with Crippen molar-refractivity contribution < 1.29 is 13.6 Å². The first-order valence-corrected chi connectivity index (χ1v) is 6.37. The number of amides is 2.